The van der Waals surface area contributed by atoms with Gasteiger partial charge in [0.05, 0.1) is 0 Å². The van der Waals surface area contributed by atoms with E-state index in [-0.39, 0.29) is 11.4 Å². The summed E-state index contributed by atoms with van der Waals surface area (Å²) in [6, 6.07) is 7.75. The Bertz CT molecular complexity index is 570. The van der Waals surface area contributed by atoms with Gasteiger partial charge in [0.2, 0.25) is 5.56 Å². The van der Waals surface area contributed by atoms with E-state index in [0.717, 1.165) is 16.7 Å². The van der Waals surface area contributed by atoms with Crippen molar-refractivity contribution in [1.82, 2.24) is 4.98 Å². The largest absolute Gasteiger partial charge is 0.329 e. The van der Waals surface area contributed by atoms with Crippen molar-refractivity contribution in [2.24, 2.45) is 0 Å². The molecule has 88 valence electrons. The molecule has 0 spiro atoms. The maximum atomic E-state index is 12.9. The van der Waals surface area contributed by atoms with Gasteiger partial charge >= 0.3 is 0 Å². The van der Waals surface area contributed by atoms with E-state index in [1.54, 1.807) is 24.4 Å². The van der Waals surface area contributed by atoms with Crippen LogP contribution in [0.3, 0.4) is 0 Å². The van der Waals surface area contributed by atoms with Gasteiger partial charge in [0.15, 0.2) is 0 Å². The molecular weight excluding hydrogens is 217 g/mol. The van der Waals surface area contributed by atoms with Gasteiger partial charge in [0.1, 0.15) is 5.82 Å². The normalized spacial score (nSPS) is 10.8. The van der Waals surface area contributed by atoms with Gasteiger partial charge in [-0.25, -0.2) is 4.39 Å². The molecule has 0 bridgehead atoms. The lowest BCUT2D eigenvalue weighted by Crippen LogP contribution is -2.07. The first-order chi connectivity index (χ1) is 8.08. The molecule has 1 heterocycles. The number of aromatic amines is 1. The molecule has 2 rings (SSSR count). The lowest BCUT2D eigenvalue weighted by Gasteiger charge is -2.11. The minimum atomic E-state index is -0.273. The number of aromatic nitrogens is 1. The third-order valence-corrected chi connectivity index (χ3v) is 2.73. The summed E-state index contributed by atoms with van der Waals surface area (Å²) in [6.45, 7) is 4.11. The molecule has 0 aliphatic heterocycles. The Kier molecular flexibility index (Phi) is 3.09. The van der Waals surface area contributed by atoms with E-state index < -0.39 is 0 Å². The molecule has 2 nitrogen and oxygen atoms in total. The van der Waals surface area contributed by atoms with Crippen LogP contribution in [0.4, 0.5) is 4.39 Å². The number of pyridine rings is 1. The molecule has 2 aromatic rings. The fourth-order valence-corrected chi connectivity index (χ4v) is 1.84. The highest BCUT2D eigenvalue weighted by molar-refractivity contribution is 5.67. The van der Waals surface area contributed by atoms with Crippen LogP contribution in [0.2, 0.25) is 0 Å². The summed E-state index contributed by atoms with van der Waals surface area (Å²) in [7, 11) is 0. The lowest BCUT2D eigenvalue weighted by atomic mass is 9.94. The van der Waals surface area contributed by atoms with Gasteiger partial charge in [-0.3, -0.25) is 4.79 Å². The Morgan fingerprint density at radius 1 is 1.18 bits per heavy atom. The second kappa shape index (κ2) is 4.53. The number of nitrogens with one attached hydrogen (secondary N) is 1. The summed E-state index contributed by atoms with van der Waals surface area (Å²) in [5.41, 5.74) is 2.63. The lowest BCUT2D eigenvalue weighted by molar-refractivity contribution is 0.628. The third kappa shape index (κ3) is 2.44. The number of H-pyrrole nitrogens is 1. The molecule has 17 heavy (non-hydrogen) atoms. The molecule has 0 radical (unpaired) electrons. The van der Waals surface area contributed by atoms with Crippen molar-refractivity contribution in [3.05, 3.63) is 58.3 Å². The van der Waals surface area contributed by atoms with E-state index in [0.29, 0.717) is 5.92 Å². The number of benzene rings is 1. The summed E-state index contributed by atoms with van der Waals surface area (Å²) < 4.78 is 12.9. The molecule has 1 aromatic heterocycles. The van der Waals surface area contributed by atoms with Gasteiger partial charge in [-0.1, -0.05) is 26.0 Å². The van der Waals surface area contributed by atoms with Crippen LogP contribution in [0.1, 0.15) is 25.3 Å². The van der Waals surface area contributed by atoms with Crippen molar-refractivity contribution in [3.63, 3.8) is 0 Å². The summed E-state index contributed by atoms with van der Waals surface area (Å²) in [5.74, 6) is 0.0246. The van der Waals surface area contributed by atoms with E-state index in [2.05, 4.69) is 18.8 Å². The van der Waals surface area contributed by atoms with E-state index in [1.807, 2.05) is 0 Å². The van der Waals surface area contributed by atoms with E-state index in [4.69, 9.17) is 0 Å². The Morgan fingerprint density at radius 2 is 1.82 bits per heavy atom. The van der Waals surface area contributed by atoms with Crippen molar-refractivity contribution in [2.75, 3.05) is 0 Å². The first kappa shape index (κ1) is 11.6. The molecule has 0 saturated heterocycles. The second-order valence-corrected chi connectivity index (χ2v) is 4.33. The molecule has 0 fully saturated rings. The topological polar surface area (TPSA) is 32.9 Å². The molecule has 0 saturated carbocycles. The Balaban J connectivity index is 2.60. The van der Waals surface area contributed by atoms with Crippen molar-refractivity contribution >= 4 is 0 Å². The zero-order chi connectivity index (χ0) is 12.4. The standard InChI is InChI=1S/C14H14FNO/c1-9(2)13-8-16-14(17)7-12(13)10-3-5-11(15)6-4-10/h3-9H,1-2H3,(H,16,17). The number of hydrogen-bond acceptors (Lipinski definition) is 1. The molecule has 0 atom stereocenters. The maximum absolute atomic E-state index is 12.9. The van der Waals surface area contributed by atoms with Crippen LogP contribution in [0.5, 0.6) is 0 Å². The van der Waals surface area contributed by atoms with Crippen LogP contribution in [0.15, 0.2) is 41.3 Å². The second-order valence-electron chi connectivity index (χ2n) is 4.33. The summed E-state index contributed by atoms with van der Waals surface area (Å²) in [6.07, 6.45) is 1.73. The van der Waals surface area contributed by atoms with Crippen LogP contribution in [0.25, 0.3) is 11.1 Å². The maximum Gasteiger partial charge on any atom is 0.248 e. The number of hydrogen-bond donors (Lipinski definition) is 1. The van der Waals surface area contributed by atoms with Crippen LogP contribution < -0.4 is 5.56 Å². The van der Waals surface area contributed by atoms with Gasteiger partial charge in [0, 0.05) is 12.3 Å². The van der Waals surface area contributed by atoms with Gasteiger partial charge in [-0.05, 0) is 34.7 Å². The van der Waals surface area contributed by atoms with E-state index in [1.165, 1.54) is 12.1 Å². The van der Waals surface area contributed by atoms with Crippen molar-refractivity contribution < 1.29 is 4.39 Å². The number of halogens is 1. The highest BCUT2D eigenvalue weighted by atomic mass is 19.1. The molecule has 0 aliphatic rings. The zero-order valence-corrected chi connectivity index (χ0v) is 9.83. The Labute approximate surface area is 99.1 Å². The van der Waals surface area contributed by atoms with Crippen LogP contribution in [0, 0.1) is 5.82 Å². The zero-order valence-electron chi connectivity index (χ0n) is 9.83. The molecule has 0 aliphatic carbocycles. The highest BCUT2D eigenvalue weighted by Gasteiger charge is 2.09. The van der Waals surface area contributed by atoms with Gasteiger partial charge in [0.25, 0.3) is 0 Å². The fraction of sp³-hybridized carbons (Fsp3) is 0.214. The smallest absolute Gasteiger partial charge is 0.248 e. The minimum Gasteiger partial charge on any atom is -0.329 e. The molecular formula is C14H14FNO. The molecule has 0 amide bonds. The van der Waals surface area contributed by atoms with Gasteiger partial charge < -0.3 is 4.98 Å². The van der Waals surface area contributed by atoms with Crippen molar-refractivity contribution in [1.29, 1.82) is 0 Å². The Morgan fingerprint density at radius 3 is 2.41 bits per heavy atom. The Hall–Kier alpha value is -1.90. The molecule has 1 aromatic carbocycles. The van der Waals surface area contributed by atoms with Gasteiger partial charge in [-0.2, -0.15) is 0 Å². The monoisotopic (exact) mass is 231 g/mol. The van der Waals surface area contributed by atoms with Crippen LogP contribution in [-0.4, -0.2) is 4.98 Å². The molecule has 1 N–H and O–H groups in total. The summed E-state index contributed by atoms with van der Waals surface area (Å²) in [5, 5.41) is 0. The van der Waals surface area contributed by atoms with Gasteiger partial charge in [-0.15, -0.1) is 0 Å². The minimum absolute atomic E-state index is 0.145. The summed E-state index contributed by atoms with van der Waals surface area (Å²) in [4.78, 5) is 14.0. The average Bonchev–Trinajstić information content (AvgIpc) is 2.29. The van der Waals surface area contributed by atoms with E-state index in [9.17, 15) is 9.18 Å². The predicted octanol–water partition coefficient (Wildman–Crippen LogP) is 3.30. The summed E-state index contributed by atoms with van der Waals surface area (Å²) >= 11 is 0. The SMILES string of the molecule is CC(C)c1c[nH]c(=O)cc1-c1ccc(F)cc1. The predicted molar refractivity (Wildman–Crippen MR) is 66.5 cm³/mol. The highest BCUT2D eigenvalue weighted by Crippen LogP contribution is 2.27. The molecule has 3 heteroatoms. The fourth-order valence-electron chi connectivity index (χ4n) is 1.84. The average molecular weight is 231 g/mol. The van der Waals surface area contributed by atoms with E-state index >= 15 is 0 Å². The first-order valence-electron chi connectivity index (χ1n) is 5.56. The van der Waals surface area contributed by atoms with Crippen molar-refractivity contribution in [3.8, 4) is 11.1 Å². The van der Waals surface area contributed by atoms with Crippen molar-refractivity contribution in [2.45, 2.75) is 19.8 Å². The third-order valence-electron chi connectivity index (χ3n) is 2.73. The van der Waals surface area contributed by atoms with Crippen LogP contribution >= 0.6 is 0 Å². The first-order valence-corrected chi connectivity index (χ1v) is 5.56. The quantitative estimate of drug-likeness (QED) is 0.845. The van der Waals surface area contributed by atoms with Crippen LogP contribution in [-0.2, 0) is 0 Å². The molecule has 0 unspecified atom stereocenters. The number of rotatable bonds is 2.